The molecule has 1 saturated carbocycles. The van der Waals surface area contributed by atoms with E-state index in [-0.39, 0.29) is 11.7 Å². The lowest BCUT2D eigenvalue weighted by Crippen LogP contribution is -2.38. The molecule has 0 spiro atoms. The maximum absolute atomic E-state index is 11.6. The van der Waals surface area contributed by atoms with Crippen molar-refractivity contribution in [2.24, 2.45) is 5.92 Å². The monoisotopic (exact) mass is 228 g/mol. The summed E-state index contributed by atoms with van der Waals surface area (Å²) in [7, 11) is 0. The molecule has 1 amide bonds. The molecule has 4 nitrogen and oxygen atoms in total. The van der Waals surface area contributed by atoms with E-state index < -0.39 is 5.50 Å². The predicted octanol–water partition coefficient (Wildman–Crippen LogP) is 1.01. The van der Waals surface area contributed by atoms with Crippen LogP contribution in [0.25, 0.3) is 0 Å². The highest BCUT2D eigenvalue weighted by Gasteiger charge is 2.24. The number of aliphatic hydroxyl groups is 1. The van der Waals surface area contributed by atoms with Gasteiger partial charge in [-0.25, -0.2) is 0 Å². The summed E-state index contributed by atoms with van der Waals surface area (Å²) in [5, 5.41) is 14.7. The zero-order chi connectivity index (χ0) is 10.8. The first-order valence-electron chi connectivity index (χ1n) is 4.96. The van der Waals surface area contributed by atoms with Crippen molar-refractivity contribution in [2.45, 2.75) is 18.3 Å². The molecule has 1 heterocycles. The number of halogens is 1. The molecular formula is C10H13ClN2O2. The highest BCUT2D eigenvalue weighted by atomic mass is 35.5. The van der Waals surface area contributed by atoms with Crippen molar-refractivity contribution in [3.8, 4) is 0 Å². The minimum atomic E-state index is -0.711. The molecular weight excluding hydrogens is 216 g/mol. The van der Waals surface area contributed by atoms with E-state index in [1.807, 2.05) is 0 Å². The van der Waals surface area contributed by atoms with E-state index in [0.29, 0.717) is 11.6 Å². The summed E-state index contributed by atoms with van der Waals surface area (Å²) in [6.07, 6.45) is 5.35. The first-order chi connectivity index (χ1) is 7.16. The van der Waals surface area contributed by atoms with Crippen molar-refractivity contribution in [3.63, 3.8) is 0 Å². The van der Waals surface area contributed by atoms with Crippen LogP contribution in [0.3, 0.4) is 0 Å². The Morgan fingerprint density at radius 3 is 2.93 bits per heavy atom. The van der Waals surface area contributed by atoms with Gasteiger partial charge in [-0.3, -0.25) is 4.79 Å². The zero-order valence-corrected chi connectivity index (χ0v) is 8.92. The lowest BCUT2D eigenvalue weighted by Gasteiger charge is -2.18. The summed E-state index contributed by atoms with van der Waals surface area (Å²) in [6.45, 7) is 0.723. The molecule has 0 aromatic rings. The molecule has 1 aliphatic carbocycles. The second-order valence-electron chi connectivity index (χ2n) is 3.83. The van der Waals surface area contributed by atoms with Crippen LogP contribution in [-0.2, 0) is 4.79 Å². The van der Waals surface area contributed by atoms with Gasteiger partial charge in [0.25, 0.3) is 5.91 Å². The number of amides is 1. The van der Waals surface area contributed by atoms with E-state index in [0.717, 1.165) is 6.54 Å². The molecule has 1 aliphatic heterocycles. The Hall–Kier alpha value is -1.16. The fraction of sp³-hybridized carbons (Fsp3) is 0.500. The smallest absolute Gasteiger partial charge is 0.267 e. The molecule has 0 saturated heterocycles. The van der Waals surface area contributed by atoms with Gasteiger partial charge >= 0.3 is 0 Å². The number of allylic oxidation sites excluding steroid dienone is 2. The Kier molecular flexibility index (Phi) is 2.86. The van der Waals surface area contributed by atoms with E-state index in [9.17, 15) is 9.90 Å². The van der Waals surface area contributed by atoms with Gasteiger partial charge in [-0.1, -0.05) is 11.6 Å². The van der Waals surface area contributed by atoms with Gasteiger partial charge in [0.15, 0.2) is 5.50 Å². The zero-order valence-electron chi connectivity index (χ0n) is 8.16. The average Bonchev–Trinajstić information content (AvgIpc) is 3.02. The summed E-state index contributed by atoms with van der Waals surface area (Å²) >= 11 is 5.73. The fourth-order valence-corrected chi connectivity index (χ4v) is 1.50. The summed E-state index contributed by atoms with van der Waals surface area (Å²) < 4.78 is 0. The van der Waals surface area contributed by atoms with E-state index in [1.165, 1.54) is 25.0 Å². The minimum absolute atomic E-state index is 0.0235. The van der Waals surface area contributed by atoms with Crippen LogP contribution in [0.15, 0.2) is 23.6 Å². The number of nitrogens with one attached hydrogen (secondary N) is 2. The lowest BCUT2D eigenvalue weighted by molar-refractivity contribution is -0.117. The maximum Gasteiger partial charge on any atom is 0.267 e. The number of rotatable bonds is 3. The number of hydrogen-bond acceptors (Lipinski definition) is 3. The molecule has 0 aromatic heterocycles. The summed E-state index contributed by atoms with van der Waals surface area (Å²) in [5.74, 6) is 0.501. The van der Waals surface area contributed by atoms with Crippen LogP contribution in [-0.4, -0.2) is 23.1 Å². The van der Waals surface area contributed by atoms with E-state index in [1.54, 1.807) is 0 Å². The maximum atomic E-state index is 11.6. The third-order valence-corrected chi connectivity index (χ3v) is 2.79. The molecule has 1 unspecified atom stereocenters. The molecule has 15 heavy (non-hydrogen) atoms. The van der Waals surface area contributed by atoms with Gasteiger partial charge < -0.3 is 15.7 Å². The van der Waals surface area contributed by atoms with E-state index in [2.05, 4.69) is 10.6 Å². The first-order valence-corrected chi connectivity index (χ1v) is 5.40. The van der Waals surface area contributed by atoms with Crippen LogP contribution in [0.5, 0.6) is 0 Å². The number of alkyl halides is 1. The van der Waals surface area contributed by atoms with Crippen molar-refractivity contribution in [2.75, 3.05) is 6.54 Å². The second kappa shape index (κ2) is 4.14. The number of dihydropyridines is 1. The predicted molar refractivity (Wildman–Crippen MR) is 57.3 cm³/mol. The SMILES string of the molecule is O=C(NCC1CC1)C1=CC=C(O)C(Cl)N1. The van der Waals surface area contributed by atoms with Crippen molar-refractivity contribution < 1.29 is 9.90 Å². The Bertz CT molecular complexity index is 334. The normalized spacial score (nSPS) is 25.0. The minimum Gasteiger partial charge on any atom is -0.509 e. The van der Waals surface area contributed by atoms with Gasteiger partial charge in [0, 0.05) is 6.54 Å². The summed E-state index contributed by atoms with van der Waals surface area (Å²) in [4.78, 5) is 11.6. The average molecular weight is 229 g/mol. The van der Waals surface area contributed by atoms with Crippen LogP contribution < -0.4 is 10.6 Å². The van der Waals surface area contributed by atoms with Crippen molar-refractivity contribution in [1.29, 1.82) is 0 Å². The van der Waals surface area contributed by atoms with E-state index >= 15 is 0 Å². The number of hydrogen-bond donors (Lipinski definition) is 3. The third-order valence-electron chi connectivity index (χ3n) is 2.46. The first kappa shape index (κ1) is 10.4. The molecule has 3 N–H and O–H groups in total. The second-order valence-corrected chi connectivity index (χ2v) is 4.27. The van der Waals surface area contributed by atoms with Crippen molar-refractivity contribution >= 4 is 17.5 Å². The number of carbonyl (C=O) groups excluding carboxylic acids is 1. The van der Waals surface area contributed by atoms with Crippen molar-refractivity contribution in [3.05, 3.63) is 23.6 Å². The third kappa shape index (κ3) is 2.65. The fourth-order valence-electron chi connectivity index (χ4n) is 1.31. The topological polar surface area (TPSA) is 61.4 Å². The molecule has 0 bridgehead atoms. The van der Waals surface area contributed by atoms with Gasteiger partial charge in [0.2, 0.25) is 0 Å². The van der Waals surface area contributed by atoms with Gasteiger partial charge in [0.1, 0.15) is 11.5 Å². The van der Waals surface area contributed by atoms with Gasteiger partial charge in [0.05, 0.1) is 0 Å². The summed E-state index contributed by atoms with van der Waals surface area (Å²) in [5.41, 5.74) is -0.315. The molecule has 5 heteroatoms. The Morgan fingerprint density at radius 1 is 1.60 bits per heavy atom. The molecule has 2 aliphatic rings. The molecule has 2 rings (SSSR count). The van der Waals surface area contributed by atoms with Gasteiger partial charge in [-0.2, -0.15) is 0 Å². The van der Waals surface area contributed by atoms with Crippen molar-refractivity contribution in [1.82, 2.24) is 10.6 Å². The van der Waals surface area contributed by atoms with Crippen LogP contribution in [0.4, 0.5) is 0 Å². The number of carbonyl (C=O) groups is 1. The Balaban J connectivity index is 1.89. The van der Waals surface area contributed by atoms with Crippen LogP contribution >= 0.6 is 11.6 Å². The van der Waals surface area contributed by atoms with E-state index in [4.69, 9.17) is 11.6 Å². The van der Waals surface area contributed by atoms with Crippen LogP contribution in [0.2, 0.25) is 0 Å². The summed E-state index contributed by atoms with van der Waals surface area (Å²) in [6, 6.07) is 0. The number of aliphatic hydroxyl groups excluding tert-OH is 1. The quantitative estimate of drug-likeness (QED) is 0.499. The lowest BCUT2D eigenvalue weighted by atomic mass is 10.2. The molecule has 1 fully saturated rings. The molecule has 0 radical (unpaired) electrons. The Labute approximate surface area is 93.0 Å². The molecule has 0 aromatic carbocycles. The van der Waals surface area contributed by atoms with Gasteiger partial charge in [-0.15, -0.1) is 0 Å². The Morgan fingerprint density at radius 2 is 2.33 bits per heavy atom. The van der Waals surface area contributed by atoms with Crippen LogP contribution in [0.1, 0.15) is 12.8 Å². The highest BCUT2D eigenvalue weighted by molar-refractivity contribution is 6.22. The molecule has 1 atom stereocenters. The highest BCUT2D eigenvalue weighted by Crippen LogP contribution is 2.27. The largest absolute Gasteiger partial charge is 0.509 e. The van der Waals surface area contributed by atoms with Gasteiger partial charge in [-0.05, 0) is 30.9 Å². The standard InChI is InChI=1S/C10H13ClN2O2/c11-9-8(14)4-3-7(13-9)10(15)12-5-6-1-2-6/h3-4,6,9,13-14H,1-2,5H2,(H,12,15). The van der Waals surface area contributed by atoms with Crippen LogP contribution in [0, 0.1) is 5.92 Å². The molecule has 82 valence electrons.